The number of ether oxygens (including phenoxy) is 2. The number of hydrogen-bond donors (Lipinski definition) is 1. The van der Waals surface area contributed by atoms with Gasteiger partial charge in [-0.1, -0.05) is 11.6 Å². The molecule has 1 unspecified atom stereocenters. The van der Waals surface area contributed by atoms with E-state index in [0.717, 1.165) is 41.0 Å². The fraction of sp³-hybridized carbons (Fsp3) is 0.320. The summed E-state index contributed by atoms with van der Waals surface area (Å²) in [5, 5.41) is 4.35. The summed E-state index contributed by atoms with van der Waals surface area (Å²) >= 11 is 0. The molecule has 8 nitrogen and oxygen atoms in total. The summed E-state index contributed by atoms with van der Waals surface area (Å²) in [7, 11) is 3.22. The first kappa shape index (κ1) is 21.1. The van der Waals surface area contributed by atoms with E-state index in [1.165, 1.54) is 0 Å². The number of methoxy groups -OCH3 is 2. The zero-order valence-electron chi connectivity index (χ0n) is 19.3. The van der Waals surface area contributed by atoms with Gasteiger partial charge in [0.05, 0.1) is 42.0 Å². The van der Waals surface area contributed by atoms with Crippen molar-refractivity contribution in [3.05, 3.63) is 65.7 Å². The van der Waals surface area contributed by atoms with E-state index in [-0.39, 0.29) is 5.91 Å². The lowest BCUT2D eigenvalue weighted by atomic mass is 9.96. The minimum absolute atomic E-state index is 0.0279. The van der Waals surface area contributed by atoms with Crippen molar-refractivity contribution in [1.82, 2.24) is 24.6 Å². The molecule has 4 aromatic rings. The van der Waals surface area contributed by atoms with Crippen molar-refractivity contribution in [3.8, 4) is 17.2 Å². The fourth-order valence-corrected chi connectivity index (χ4v) is 4.70. The number of imidazole rings is 1. The third kappa shape index (κ3) is 3.42. The summed E-state index contributed by atoms with van der Waals surface area (Å²) in [6, 6.07) is 11.5. The Morgan fingerprint density at radius 1 is 1.15 bits per heavy atom. The number of rotatable bonds is 5. The van der Waals surface area contributed by atoms with Crippen LogP contribution in [0.15, 0.2) is 48.8 Å². The van der Waals surface area contributed by atoms with Gasteiger partial charge in [0.2, 0.25) is 0 Å². The number of carbonyl (C=O) groups excluding carboxylic acids is 1. The Bertz CT molecular complexity index is 1290. The summed E-state index contributed by atoms with van der Waals surface area (Å²) in [6.45, 7) is 4.73. The van der Waals surface area contributed by atoms with Crippen LogP contribution < -0.4 is 9.47 Å². The molecule has 1 aliphatic heterocycles. The van der Waals surface area contributed by atoms with Crippen LogP contribution in [0.2, 0.25) is 0 Å². The van der Waals surface area contributed by atoms with Gasteiger partial charge in [-0.2, -0.15) is 5.10 Å². The molecule has 1 fully saturated rings. The maximum absolute atomic E-state index is 13.9. The van der Waals surface area contributed by atoms with Gasteiger partial charge in [-0.05, 0) is 44.9 Å². The van der Waals surface area contributed by atoms with Crippen LogP contribution in [0.3, 0.4) is 0 Å². The number of aromatic nitrogens is 4. The largest absolute Gasteiger partial charge is 0.493 e. The normalized spacial score (nSPS) is 18.1. The Labute approximate surface area is 192 Å². The molecule has 170 valence electrons. The molecule has 2 aromatic heterocycles. The van der Waals surface area contributed by atoms with Crippen LogP contribution in [-0.4, -0.2) is 51.3 Å². The average molecular weight is 446 g/mol. The van der Waals surface area contributed by atoms with Crippen LogP contribution in [-0.2, 0) is 5.54 Å². The number of carbonyl (C=O) groups is 1. The molecular weight excluding hydrogens is 418 g/mol. The quantitative estimate of drug-likeness (QED) is 0.497. The monoisotopic (exact) mass is 445 g/mol. The van der Waals surface area contributed by atoms with E-state index in [9.17, 15) is 4.79 Å². The topological polar surface area (TPSA) is 85.3 Å². The highest BCUT2D eigenvalue weighted by molar-refractivity contribution is 5.98. The predicted molar refractivity (Wildman–Crippen MR) is 125 cm³/mol. The van der Waals surface area contributed by atoms with Gasteiger partial charge in [0.1, 0.15) is 5.82 Å². The van der Waals surface area contributed by atoms with Crippen LogP contribution in [0.5, 0.6) is 11.5 Å². The standard InChI is InChI=1S/C25H27N5O3/c1-16-7-8-20(30-12-6-10-26-30)17(13-16)23(31)29-11-5-9-25(29,2)24-27-18-14-21(32-3)22(33-4)15-19(18)28-24/h6-8,10,12-15H,5,9,11H2,1-4H3,(H,27,28). The summed E-state index contributed by atoms with van der Waals surface area (Å²) in [5.74, 6) is 1.98. The summed E-state index contributed by atoms with van der Waals surface area (Å²) in [4.78, 5) is 24.2. The van der Waals surface area contributed by atoms with Gasteiger partial charge in [-0.3, -0.25) is 4.79 Å². The first-order chi connectivity index (χ1) is 15.9. The number of H-pyrrole nitrogens is 1. The number of aromatic amines is 1. The van der Waals surface area contributed by atoms with Gasteiger partial charge in [-0.25, -0.2) is 9.67 Å². The smallest absolute Gasteiger partial charge is 0.256 e. The first-order valence-corrected chi connectivity index (χ1v) is 11.0. The van der Waals surface area contributed by atoms with E-state index in [2.05, 4.69) is 17.0 Å². The van der Waals surface area contributed by atoms with Crippen molar-refractivity contribution >= 4 is 16.9 Å². The highest BCUT2D eigenvalue weighted by atomic mass is 16.5. The van der Waals surface area contributed by atoms with Crippen LogP contribution in [0.1, 0.15) is 41.5 Å². The van der Waals surface area contributed by atoms with Crippen molar-refractivity contribution in [1.29, 1.82) is 0 Å². The van der Waals surface area contributed by atoms with Crippen molar-refractivity contribution in [2.24, 2.45) is 0 Å². The lowest BCUT2D eigenvalue weighted by Crippen LogP contribution is -2.44. The Kier molecular flexibility index (Phi) is 5.08. The van der Waals surface area contributed by atoms with Gasteiger partial charge in [0.15, 0.2) is 11.5 Å². The Balaban J connectivity index is 1.57. The van der Waals surface area contributed by atoms with Gasteiger partial charge < -0.3 is 19.4 Å². The van der Waals surface area contributed by atoms with Crippen LogP contribution >= 0.6 is 0 Å². The number of nitrogens with zero attached hydrogens (tertiary/aromatic N) is 4. The molecule has 0 bridgehead atoms. The zero-order chi connectivity index (χ0) is 23.2. The maximum atomic E-state index is 13.9. The highest BCUT2D eigenvalue weighted by Crippen LogP contribution is 2.40. The molecule has 0 spiro atoms. The Morgan fingerprint density at radius 3 is 2.67 bits per heavy atom. The first-order valence-electron chi connectivity index (χ1n) is 11.0. The summed E-state index contributed by atoms with van der Waals surface area (Å²) < 4.78 is 12.6. The number of benzene rings is 2. The zero-order valence-corrected chi connectivity index (χ0v) is 19.3. The molecule has 3 heterocycles. The second-order valence-corrected chi connectivity index (χ2v) is 8.62. The van der Waals surface area contributed by atoms with Crippen molar-refractivity contribution in [2.45, 2.75) is 32.2 Å². The third-order valence-electron chi connectivity index (χ3n) is 6.52. The van der Waals surface area contributed by atoms with E-state index in [0.29, 0.717) is 23.6 Å². The summed E-state index contributed by atoms with van der Waals surface area (Å²) in [6.07, 6.45) is 5.28. The molecule has 1 amide bonds. The molecule has 1 saturated heterocycles. The van der Waals surface area contributed by atoms with Gasteiger partial charge in [-0.15, -0.1) is 0 Å². The van der Waals surface area contributed by atoms with Crippen LogP contribution in [0.4, 0.5) is 0 Å². The molecule has 1 N–H and O–H groups in total. The number of fused-ring (bicyclic) bond motifs is 1. The van der Waals surface area contributed by atoms with E-state index >= 15 is 0 Å². The van der Waals surface area contributed by atoms with Crippen molar-refractivity contribution in [2.75, 3.05) is 20.8 Å². The average Bonchev–Trinajstić information content (AvgIpc) is 3.57. The molecule has 33 heavy (non-hydrogen) atoms. The van der Waals surface area contributed by atoms with Gasteiger partial charge in [0.25, 0.3) is 5.91 Å². The fourth-order valence-electron chi connectivity index (χ4n) is 4.70. The second-order valence-electron chi connectivity index (χ2n) is 8.62. The predicted octanol–water partition coefficient (Wildman–Crippen LogP) is 4.23. The van der Waals surface area contributed by atoms with E-state index in [4.69, 9.17) is 14.5 Å². The van der Waals surface area contributed by atoms with E-state index in [1.807, 2.05) is 54.4 Å². The van der Waals surface area contributed by atoms with Gasteiger partial charge >= 0.3 is 0 Å². The minimum atomic E-state index is -0.568. The number of likely N-dealkylation sites (tertiary alicyclic amines) is 1. The molecule has 8 heteroatoms. The van der Waals surface area contributed by atoms with Gasteiger partial charge in [0, 0.05) is 31.1 Å². The molecule has 1 aliphatic rings. The maximum Gasteiger partial charge on any atom is 0.256 e. The summed E-state index contributed by atoms with van der Waals surface area (Å²) in [5.41, 5.74) is 3.47. The number of hydrogen-bond acceptors (Lipinski definition) is 5. The number of nitrogens with one attached hydrogen (secondary N) is 1. The Morgan fingerprint density at radius 2 is 1.94 bits per heavy atom. The number of aryl methyl sites for hydroxylation is 1. The number of amides is 1. The van der Waals surface area contributed by atoms with Crippen molar-refractivity contribution < 1.29 is 14.3 Å². The van der Waals surface area contributed by atoms with Crippen molar-refractivity contribution in [3.63, 3.8) is 0 Å². The lowest BCUT2D eigenvalue weighted by molar-refractivity contribution is 0.0605. The van der Waals surface area contributed by atoms with E-state index < -0.39 is 5.54 Å². The van der Waals surface area contributed by atoms with Crippen LogP contribution in [0.25, 0.3) is 16.7 Å². The molecular formula is C25H27N5O3. The SMILES string of the molecule is COc1cc2nc(C3(C)CCCN3C(=O)c3cc(C)ccc3-n3cccn3)[nH]c2cc1OC. The molecule has 1 atom stereocenters. The van der Waals surface area contributed by atoms with Crippen LogP contribution in [0, 0.1) is 6.92 Å². The lowest BCUT2D eigenvalue weighted by Gasteiger charge is -2.34. The molecule has 5 rings (SSSR count). The minimum Gasteiger partial charge on any atom is -0.493 e. The third-order valence-corrected chi connectivity index (χ3v) is 6.52. The molecule has 0 aliphatic carbocycles. The Hall–Kier alpha value is -3.81. The molecule has 0 radical (unpaired) electrons. The molecule has 2 aromatic carbocycles. The highest BCUT2D eigenvalue weighted by Gasteiger charge is 2.44. The second kappa shape index (κ2) is 7.95. The molecule has 0 saturated carbocycles. The van der Waals surface area contributed by atoms with E-state index in [1.54, 1.807) is 25.1 Å².